The van der Waals surface area contributed by atoms with E-state index in [1.54, 1.807) is 17.0 Å². The summed E-state index contributed by atoms with van der Waals surface area (Å²) >= 11 is 0. The van der Waals surface area contributed by atoms with E-state index in [-0.39, 0.29) is 24.0 Å². The molecule has 1 saturated heterocycles. The molecule has 0 radical (unpaired) electrons. The van der Waals surface area contributed by atoms with Crippen LogP contribution in [-0.4, -0.2) is 55.1 Å². The maximum Gasteiger partial charge on any atom is 0.310 e. The summed E-state index contributed by atoms with van der Waals surface area (Å²) in [6.07, 6.45) is 0. The fourth-order valence-electron chi connectivity index (χ4n) is 3.15. The molecule has 28 heavy (non-hydrogen) atoms. The molecular formula is C20H23N3O5. The Morgan fingerprint density at radius 2 is 1.64 bits per heavy atom. The molecule has 1 amide bonds. The van der Waals surface area contributed by atoms with Gasteiger partial charge < -0.3 is 19.3 Å². The van der Waals surface area contributed by atoms with Crippen LogP contribution in [0.1, 0.15) is 6.92 Å². The lowest BCUT2D eigenvalue weighted by molar-refractivity contribution is -0.385. The van der Waals surface area contributed by atoms with Crippen molar-refractivity contribution < 1.29 is 19.2 Å². The van der Waals surface area contributed by atoms with Crippen LogP contribution in [-0.2, 0) is 4.79 Å². The van der Waals surface area contributed by atoms with Gasteiger partial charge in [-0.2, -0.15) is 0 Å². The number of piperazine rings is 1. The molecule has 0 spiro atoms. The molecule has 0 bridgehead atoms. The van der Waals surface area contributed by atoms with E-state index in [1.165, 1.54) is 12.1 Å². The number of carbonyl (C=O) groups is 1. The Hall–Kier alpha value is -3.29. The Morgan fingerprint density at radius 1 is 1.00 bits per heavy atom. The van der Waals surface area contributed by atoms with Crippen LogP contribution in [0.5, 0.6) is 11.5 Å². The van der Waals surface area contributed by atoms with E-state index in [0.717, 1.165) is 11.4 Å². The Balaban J connectivity index is 1.55. The van der Waals surface area contributed by atoms with Crippen LogP contribution in [0, 0.1) is 10.1 Å². The van der Waals surface area contributed by atoms with Crippen molar-refractivity contribution in [2.45, 2.75) is 6.92 Å². The Morgan fingerprint density at radius 3 is 2.32 bits per heavy atom. The molecule has 3 rings (SSSR count). The molecule has 1 heterocycles. The van der Waals surface area contributed by atoms with Crippen molar-refractivity contribution in [3.63, 3.8) is 0 Å². The van der Waals surface area contributed by atoms with E-state index < -0.39 is 4.92 Å². The van der Waals surface area contributed by atoms with Crippen LogP contribution in [0.15, 0.2) is 48.5 Å². The average molecular weight is 385 g/mol. The lowest BCUT2D eigenvalue weighted by Gasteiger charge is -2.36. The van der Waals surface area contributed by atoms with Gasteiger partial charge in [0.25, 0.3) is 5.91 Å². The third kappa shape index (κ3) is 4.51. The molecule has 0 saturated carbocycles. The summed E-state index contributed by atoms with van der Waals surface area (Å²) in [7, 11) is 0. The summed E-state index contributed by atoms with van der Waals surface area (Å²) in [5, 5.41) is 11.0. The van der Waals surface area contributed by atoms with E-state index in [9.17, 15) is 14.9 Å². The van der Waals surface area contributed by atoms with E-state index in [1.807, 2.05) is 31.2 Å². The maximum atomic E-state index is 12.5. The van der Waals surface area contributed by atoms with Crippen LogP contribution < -0.4 is 14.4 Å². The van der Waals surface area contributed by atoms with Crippen molar-refractivity contribution in [2.75, 3.05) is 44.3 Å². The number of rotatable bonds is 7. The molecule has 8 nitrogen and oxygen atoms in total. The van der Waals surface area contributed by atoms with Crippen molar-refractivity contribution in [3.05, 3.63) is 58.6 Å². The van der Waals surface area contributed by atoms with E-state index >= 15 is 0 Å². The minimum absolute atomic E-state index is 0.102. The normalized spacial score (nSPS) is 13.9. The summed E-state index contributed by atoms with van der Waals surface area (Å²) in [6.45, 7) is 4.80. The number of anilines is 1. The van der Waals surface area contributed by atoms with Crippen molar-refractivity contribution in [3.8, 4) is 11.5 Å². The summed E-state index contributed by atoms with van der Waals surface area (Å²) in [4.78, 5) is 26.9. The number of hydrogen-bond acceptors (Lipinski definition) is 6. The second-order valence-electron chi connectivity index (χ2n) is 6.28. The van der Waals surface area contributed by atoms with Gasteiger partial charge in [0, 0.05) is 32.2 Å². The van der Waals surface area contributed by atoms with Crippen LogP contribution in [0.3, 0.4) is 0 Å². The molecule has 0 aliphatic carbocycles. The van der Waals surface area contributed by atoms with Gasteiger partial charge in [0.05, 0.1) is 17.2 Å². The number of carbonyl (C=O) groups excluding carboxylic acids is 1. The Kier molecular flexibility index (Phi) is 6.31. The van der Waals surface area contributed by atoms with Gasteiger partial charge in [0.15, 0.2) is 12.4 Å². The second kappa shape index (κ2) is 9.07. The van der Waals surface area contributed by atoms with Crippen molar-refractivity contribution in [2.24, 2.45) is 0 Å². The zero-order valence-corrected chi connectivity index (χ0v) is 15.7. The third-order valence-corrected chi connectivity index (χ3v) is 4.55. The van der Waals surface area contributed by atoms with Gasteiger partial charge in [-0.05, 0) is 25.1 Å². The molecule has 8 heteroatoms. The fraction of sp³-hybridized carbons (Fsp3) is 0.350. The molecule has 1 fully saturated rings. The molecule has 0 aromatic heterocycles. The van der Waals surface area contributed by atoms with Gasteiger partial charge in [0.1, 0.15) is 5.75 Å². The quantitative estimate of drug-likeness (QED) is 0.538. The highest BCUT2D eigenvalue weighted by molar-refractivity contribution is 5.78. The third-order valence-electron chi connectivity index (χ3n) is 4.55. The van der Waals surface area contributed by atoms with Crippen molar-refractivity contribution in [1.82, 2.24) is 4.90 Å². The Bertz CT molecular complexity index is 834. The highest BCUT2D eigenvalue weighted by Gasteiger charge is 2.24. The fourth-order valence-corrected chi connectivity index (χ4v) is 3.15. The number of ether oxygens (including phenoxy) is 2. The number of para-hydroxylation sites is 4. The first-order chi connectivity index (χ1) is 13.6. The molecule has 2 aromatic carbocycles. The minimum Gasteiger partial charge on any atom is -0.492 e. The molecule has 0 N–H and O–H groups in total. The number of nitro groups is 1. The molecule has 0 atom stereocenters. The SMILES string of the molecule is CCOc1ccccc1N1CCN(C(=O)COc2ccccc2[N+](=O)[O-])CC1. The number of benzene rings is 2. The molecule has 2 aromatic rings. The monoisotopic (exact) mass is 385 g/mol. The summed E-state index contributed by atoms with van der Waals surface area (Å²) < 4.78 is 11.1. The first-order valence-corrected chi connectivity index (χ1v) is 9.21. The average Bonchev–Trinajstić information content (AvgIpc) is 2.73. The van der Waals surface area contributed by atoms with Crippen molar-refractivity contribution in [1.29, 1.82) is 0 Å². The molecular weight excluding hydrogens is 362 g/mol. The van der Waals surface area contributed by atoms with Crippen LogP contribution in [0.4, 0.5) is 11.4 Å². The lowest BCUT2D eigenvalue weighted by Crippen LogP contribution is -2.50. The Labute approximate surface area is 163 Å². The second-order valence-corrected chi connectivity index (χ2v) is 6.28. The van der Waals surface area contributed by atoms with Gasteiger partial charge in [0.2, 0.25) is 0 Å². The van der Waals surface area contributed by atoms with Crippen LogP contribution in [0.25, 0.3) is 0 Å². The molecule has 1 aliphatic heterocycles. The first-order valence-electron chi connectivity index (χ1n) is 9.21. The van der Waals surface area contributed by atoms with Gasteiger partial charge >= 0.3 is 5.69 Å². The highest BCUT2D eigenvalue weighted by atomic mass is 16.6. The van der Waals surface area contributed by atoms with E-state index in [4.69, 9.17) is 9.47 Å². The van der Waals surface area contributed by atoms with E-state index in [0.29, 0.717) is 32.8 Å². The zero-order chi connectivity index (χ0) is 19.9. The lowest BCUT2D eigenvalue weighted by atomic mass is 10.2. The van der Waals surface area contributed by atoms with Crippen LogP contribution in [0.2, 0.25) is 0 Å². The predicted molar refractivity (Wildman–Crippen MR) is 105 cm³/mol. The van der Waals surface area contributed by atoms with E-state index in [2.05, 4.69) is 4.90 Å². The van der Waals surface area contributed by atoms with Gasteiger partial charge in [-0.3, -0.25) is 14.9 Å². The van der Waals surface area contributed by atoms with Crippen molar-refractivity contribution >= 4 is 17.3 Å². The number of nitrogens with zero attached hydrogens (tertiary/aromatic N) is 3. The summed E-state index contributed by atoms with van der Waals surface area (Å²) in [5.74, 6) is 0.755. The number of hydrogen-bond donors (Lipinski definition) is 0. The summed E-state index contributed by atoms with van der Waals surface area (Å²) in [5.41, 5.74) is 0.875. The zero-order valence-electron chi connectivity index (χ0n) is 15.7. The van der Waals surface area contributed by atoms with Gasteiger partial charge in [-0.15, -0.1) is 0 Å². The summed E-state index contributed by atoms with van der Waals surface area (Å²) in [6, 6.07) is 13.9. The molecule has 148 valence electrons. The molecule has 0 unspecified atom stereocenters. The minimum atomic E-state index is -0.519. The largest absolute Gasteiger partial charge is 0.492 e. The first kappa shape index (κ1) is 19.5. The predicted octanol–water partition coefficient (Wildman–Crippen LogP) is 2.72. The number of amides is 1. The molecule has 1 aliphatic rings. The standard InChI is InChI=1S/C20H23N3O5/c1-2-27-18-9-5-3-7-16(18)21-11-13-22(14-12-21)20(24)15-28-19-10-6-4-8-17(19)23(25)26/h3-10H,2,11-15H2,1H3. The van der Waals surface area contributed by atoms with Crippen LogP contribution >= 0.6 is 0 Å². The number of nitro benzene ring substituents is 1. The highest BCUT2D eigenvalue weighted by Crippen LogP contribution is 2.29. The maximum absolute atomic E-state index is 12.5. The van der Waals surface area contributed by atoms with Gasteiger partial charge in [-0.25, -0.2) is 0 Å². The smallest absolute Gasteiger partial charge is 0.310 e. The van der Waals surface area contributed by atoms with Gasteiger partial charge in [-0.1, -0.05) is 24.3 Å². The topological polar surface area (TPSA) is 85.2 Å².